The van der Waals surface area contributed by atoms with Gasteiger partial charge in [-0.3, -0.25) is 5.10 Å². The number of anilines is 2. The molecule has 1 saturated heterocycles. The average molecular weight is 234 g/mol. The fourth-order valence-electron chi connectivity index (χ4n) is 1.95. The Hall–Kier alpha value is -1.89. The van der Waals surface area contributed by atoms with Crippen LogP contribution in [0, 0.1) is 0 Å². The van der Waals surface area contributed by atoms with Crippen LogP contribution in [0.25, 0.3) is 11.0 Å². The van der Waals surface area contributed by atoms with Crippen LogP contribution in [0.5, 0.6) is 0 Å². The highest BCUT2D eigenvalue weighted by molar-refractivity contribution is 5.87. The molecule has 90 valence electrons. The van der Waals surface area contributed by atoms with Crippen molar-refractivity contribution >= 4 is 22.8 Å². The Morgan fingerprint density at radius 1 is 1.35 bits per heavy atom. The summed E-state index contributed by atoms with van der Waals surface area (Å²) in [5.41, 5.74) is 0.755. The van der Waals surface area contributed by atoms with Crippen molar-refractivity contribution in [2.24, 2.45) is 0 Å². The maximum absolute atomic E-state index is 5.35. The highest BCUT2D eigenvalue weighted by Crippen LogP contribution is 2.24. The van der Waals surface area contributed by atoms with Crippen molar-refractivity contribution < 1.29 is 4.74 Å². The summed E-state index contributed by atoms with van der Waals surface area (Å²) in [5, 5.41) is 10.8. The third kappa shape index (κ3) is 1.78. The van der Waals surface area contributed by atoms with Gasteiger partial charge in [0.1, 0.15) is 5.82 Å². The zero-order chi connectivity index (χ0) is 11.7. The molecule has 0 saturated carbocycles. The third-order valence-corrected chi connectivity index (χ3v) is 2.82. The number of aromatic amines is 1. The van der Waals surface area contributed by atoms with Crippen molar-refractivity contribution in [1.29, 1.82) is 0 Å². The second-order valence-corrected chi connectivity index (χ2v) is 3.85. The minimum absolute atomic E-state index is 0.600. The van der Waals surface area contributed by atoms with Crippen molar-refractivity contribution in [2.45, 2.75) is 0 Å². The maximum atomic E-state index is 5.35. The topological polar surface area (TPSA) is 79.0 Å². The number of fused-ring (bicyclic) bond motifs is 1. The van der Waals surface area contributed by atoms with E-state index >= 15 is 0 Å². The fraction of sp³-hybridized carbons (Fsp3) is 0.500. The standard InChI is InChI=1S/C10H14N6O/c1-11-10-13-8-7(6-12-15-8)9(14-10)16-2-4-17-5-3-16/h6H,2-5H2,1H3,(H2,11,12,13,14,15). The van der Waals surface area contributed by atoms with E-state index in [1.165, 1.54) is 0 Å². The van der Waals surface area contributed by atoms with Gasteiger partial charge < -0.3 is 15.0 Å². The molecule has 3 heterocycles. The van der Waals surface area contributed by atoms with E-state index in [0.717, 1.165) is 43.2 Å². The van der Waals surface area contributed by atoms with Crippen molar-refractivity contribution in [1.82, 2.24) is 20.2 Å². The molecule has 0 unspecified atom stereocenters. The molecule has 7 heteroatoms. The van der Waals surface area contributed by atoms with E-state index < -0.39 is 0 Å². The number of rotatable bonds is 2. The van der Waals surface area contributed by atoms with Crippen LogP contribution in [0.2, 0.25) is 0 Å². The lowest BCUT2D eigenvalue weighted by atomic mass is 10.3. The molecule has 0 bridgehead atoms. The molecule has 1 fully saturated rings. The summed E-state index contributed by atoms with van der Waals surface area (Å²) in [6.45, 7) is 3.16. The summed E-state index contributed by atoms with van der Waals surface area (Å²) < 4.78 is 5.35. The van der Waals surface area contributed by atoms with Gasteiger partial charge >= 0.3 is 0 Å². The normalized spacial score (nSPS) is 16.4. The number of nitrogens with zero attached hydrogens (tertiary/aromatic N) is 4. The van der Waals surface area contributed by atoms with Gasteiger partial charge in [0.15, 0.2) is 5.65 Å². The SMILES string of the molecule is CNc1nc(N2CCOCC2)c2cn[nH]c2n1. The van der Waals surface area contributed by atoms with Crippen LogP contribution in [0.1, 0.15) is 0 Å². The minimum atomic E-state index is 0.600. The Morgan fingerprint density at radius 3 is 2.94 bits per heavy atom. The zero-order valence-corrected chi connectivity index (χ0v) is 9.60. The summed E-state index contributed by atoms with van der Waals surface area (Å²) >= 11 is 0. The lowest BCUT2D eigenvalue weighted by Gasteiger charge is -2.28. The monoisotopic (exact) mass is 234 g/mol. The molecule has 0 aromatic carbocycles. The largest absolute Gasteiger partial charge is 0.378 e. The Morgan fingerprint density at radius 2 is 2.18 bits per heavy atom. The van der Waals surface area contributed by atoms with E-state index in [2.05, 4.69) is 30.4 Å². The number of hydrogen-bond acceptors (Lipinski definition) is 6. The molecule has 0 atom stereocenters. The predicted octanol–water partition coefficient (Wildman–Crippen LogP) is 0.231. The van der Waals surface area contributed by atoms with Crippen LogP contribution in [0.4, 0.5) is 11.8 Å². The second kappa shape index (κ2) is 4.17. The molecule has 1 aliphatic heterocycles. The lowest BCUT2D eigenvalue weighted by molar-refractivity contribution is 0.122. The Kier molecular flexibility index (Phi) is 2.52. The van der Waals surface area contributed by atoms with Gasteiger partial charge in [-0.2, -0.15) is 15.1 Å². The molecule has 7 nitrogen and oxygen atoms in total. The summed E-state index contributed by atoms with van der Waals surface area (Å²) in [4.78, 5) is 11.0. The third-order valence-electron chi connectivity index (χ3n) is 2.82. The van der Waals surface area contributed by atoms with Crippen LogP contribution < -0.4 is 10.2 Å². The van der Waals surface area contributed by atoms with Crippen molar-refractivity contribution in [3.63, 3.8) is 0 Å². The average Bonchev–Trinajstić information content (AvgIpc) is 2.86. The maximum Gasteiger partial charge on any atom is 0.226 e. The van der Waals surface area contributed by atoms with E-state index in [1.54, 1.807) is 13.2 Å². The molecule has 1 aliphatic rings. The molecular weight excluding hydrogens is 220 g/mol. The van der Waals surface area contributed by atoms with Crippen LogP contribution >= 0.6 is 0 Å². The molecule has 0 spiro atoms. The summed E-state index contributed by atoms with van der Waals surface area (Å²) in [7, 11) is 1.81. The van der Waals surface area contributed by atoms with Gasteiger partial charge in [0, 0.05) is 20.1 Å². The number of nitrogens with one attached hydrogen (secondary N) is 2. The molecule has 2 aromatic rings. The first-order valence-electron chi connectivity index (χ1n) is 5.60. The van der Waals surface area contributed by atoms with E-state index in [0.29, 0.717) is 5.95 Å². The van der Waals surface area contributed by atoms with Gasteiger partial charge in [-0.05, 0) is 0 Å². The summed E-state index contributed by atoms with van der Waals surface area (Å²) in [6.07, 6.45) is 1.76. The van der Waals surface area contributed by atoms with Crippen molar-refractivity contribution in [2.75, 3.05) is 43.6 Å². The van der Waals surface area contributed by atoms with E-state index in [1.807, 2.05) is 0 Å². The van der Waals surface area contributed by atoms with Gasteiger partial charge in [-0.25, -0.2) is 0 Å². The number of hydrogen-bond donors (Lipinski definition) is 2. The second-order valence-electron chi connectivity index (χ2n) is 3.85. The molecule has 17 heavy (non-hydrogen) atoms. The molecule has 2 aromatic heterocycles. The van der Waals surface area contributed by atoms with Gasteiger partial charge in [0.2, 0.25) is 5.95 Å². The Labute approximate surface area is 98.2 Å². The first-order chi connectivity index (χ1) is 8.38. The Bertz CT molecular complexity index is 518. The number of H-pyrrole nitrogens is 1. The van der Waals surface area contributed by atoms with Crippen LogP contribution in [0.3, 0.4) is 0 Å². The Balaban J connectivity index is 2.08. The number of aromatic nitrogens is 4. The summed E-state index contributed by atoms with van der Waals surface area (Å²) in [6, 6.07) is 0. The van der Waals surface area contributed by atoms with Crippen molar-refractivity contribution in [3.05, 3.63) is 6.20 Å². The van der Waals surface area contributed by atoms with Gasteiger partial charge in [-0.15, -0.1) is 0 Å². The minimum Gasteiger partial charge on any atom is -0.378 e. The highest BCUT2D eigenvalue weighted by atomic mass is 16.5. The molecule has 3 rings (SSSR count). The van der Waals surface area contributed by atoms with Gasteiger partial charge in [-0.1, -0.05) is 0 Å². The highest BCUT2D eigenvalue weighted by Gasteiger charge is 2.17. The summed E-state index contributed by atoms with van der Waals surface area (Å²) in [5.74, 6) is 1.51. The molecule has 0 amide bonds. The zero-order valence-electron chi connectivity index (χ0n) is 9.60. The quantitative estimate of drug-likeness (QED) is 0.774. The van der Waals surface area contributed by atoms with E-state index in [9.17, 15) is 0 Å². The molecular formula is C10H14N6O. The van der Waals surface area contributed by atoms with Crippen LogP contribution in [-0.2, 0) is 4.74 Å². The smallest absolute Gasteiger partial charge is 0.226 e. The predicted molar refractivity (Wildman–Crippen MR) is 64.3 cm³/mol. The van der Waals surface area contributed by atoms with E-state index in [4.69, 9.17) is 4.74 Å². The van der Waals surface area contributed by atoms with Gasteiger partial charge in [0.25, 0.3) is 0 Å². The van der Waals surface area contributed by atoms with E-state index in [-0.39, 0.29) is 0 Å². The lowest BCUT2D eigenvalue weighted by Crippen LogP contribution is -2.37. The van der Waals surface area contributed by atoms with Crippen LogP contribution in [0.15, 0.2) is 6.20 Å². The van der Waals surface area contributed by atoms with Crippen LogP contribution in [-0.4, -0.2) is 53.5 Å². The molecule has 0 aliphatic carbocycles. The number of morpholine rings is 1. The first kappa shape index (κ1) is 10.3. The number of ether oxygens (including phenoxy) is 1. The van der Waals surface area contributed by atoms with Crippen molar-refractivity contribution in [3.8, 4) is 0 Å². The fourth-order valence-corrected chi connectivity index (χ4v) is 1.95. The molecule has 0 radical (unpaired) electrons. The van der Waals surface area contributed by atoms with Gasteiger partial charge in [0.05, 0.1) is 24.8 Å². The molecule has 2 N–H and O–H groups in total. The first-order valence-corrected chi connectivity index (χ1v) is 5.60.